The summed E-state index contributed by atoms with van der Waals surface area (Å²) in [5, 5.41) is 6.71. The van der Waals surface area contributed by atoms with Gasteiger partial charge in [0.1, 0.15) is 0 Å². The van der Waals surface area contributed by atoms with E-state index >= 15 is 0 Å². The molecule has 3 aromatic rings. The number of nitrogens with zero attached hydrogens (tertiary/aromatic N) is 2. The van der Waals surface area contributed by atoms with Crippen molar-refractivity contribution >= 4 is 44.7 Å². The second kappa shape index (κ2) is 8.76. The van der Waals surface area contributed by atoms with Crippen LogP contribution in [0.5, 0.6) is 0 Å². The average molecular weight is 442 g/mol. The van der Waals surface area contributed by atoms with E-state index < -0.39 is 10.0 Å². The minimum absolute atomic E-state index is 0.0163. The van der Waals surface area contributed by atoms with Crippen LogP contribution >= 0.6 is 12.2 Å². The highest BCUT2D eigenvalue weighted by molar-refractivity contribution is 7.92. The fourth-order valence-electron chi connectivity index (χ4n) is 2.78. The van der Waals surface area contributed by atoms with E-state index in [4.69, 9.17) is 12.2 Å². The zero-order chi connectivity index (χ0) is 21.8. The van der Waals surface area contributed by atoms with Crippen LogP contribution in [0.4, 0.5) is 17.3 Å². The first-order valence-electron chi connectivity index (χ1n) is 9.22. The number of para-hydroxylation sites is 1. The van der Waals surface area contributed by atoms with Crippen molar-refractivity contribution < 1.29 is 8.42 Å². The number of nitrogens with one attached hydrogen (secondary N) is 3. The number of sulfonamides is 1. The van der Waals surface area contributed by atoms with Crippen molar-refractivity contribution in [3.05, 3.63) is 72.6 Å². The van der Waals surface area contributed by atoms with Gasteiger partial charge in [0.05, 0.1) is 4.90 Å². The van der Waals surface area contributed by atoms with Crippen molar-refractivity contribution in [2.45, 2.75) is 31.1 Å². The molecule has 156 valence electrons. The Labute approximate surface area is 182 Å². The van der Waals surface area contributed by atoms with Gasteiger partial charge in [-0.2, -0.15) is 0 Å². The van der Waals surface area contributed by atoms with Gasteiger partial charge >= 0.3 is 0 Å². The fraction of sp³-hybridized carbons (Fsp3) is 0.190. The number of hydrogen-bond donors (Lipinski definition) is 3. The molecule has 1 heterocycles. The molecule has 3 rings (SSSR count). The summed E-state index contributed by atoms with van der Waals surface area (Å²) in [5.74, 6) is 0.0163. The Morgan fingerprint density at radius 2 is 1.53 bits per heavy atom. The van der Waals surface area contributed by atoms with Gasteiger partial charge in [0.25, 0.3) is 10.0 Å². The molecule has 0 aliphatic heterocycles. The van der Waals surface area contributed by atoms with E-state index in [0.717, 1.165) is 11.3 Å². The monoisotopic (exact) mass is 441 g/mol. The van der Waals surface area contributed by atoms with Gasteiger partial charge in [0.15, 0.2) is 5.11 Å². The molecule has 0 amide bonds. The molecule has 0 fully saturated rings. The van der Waals surface area contributed by atoms with E-state index in [-0.39, 0.29) is 16.3 Å². The summed E-state index contributed by atoms with van der Waals surface area (Å²) >= 11 is 5.42. The van der Waals surface area contributed by atoms with Crippen molar-refractivity contribution in [2.24, 2.45) is 0 Å². The Kier molecular flexibility index (Phi) is 6.33. The lowest BCUT2D eigenvalue weighted by molar-refractivity contribution is 0.592. The lowest BCUT2D eigenvalue weighted by Gasteiger charge is -2.23. The van der Waals surface area contributed by atoms with E-state index in [1.807, 2.05) is 18.2 Å². The van der Waals surface area contributed by atoms with Gasteiger partial charge in [-0.1, -0.05) is 39.0 Å². The lowest BCUT2D eigenvalue weighted by atomic mass is 9.86. The molecule has 0 aliphatic carbocycles. The summed E-state index contributed by atoms with van der Waals surface area (Å²) in [6.07, 6.45) is 2.92. The van der Waals surface area contributed by atoms with Gasteiger partial charge in [-0.25, -0.2) is 23.1 Å². The first kappa shape index (κ1) is 21.7. The van der Waals surface area contributed by atoms with Crippen LogP contribution in [-0.2, 0) is 15.4 Å². The van der Waals surface area contributed by atoms with Crippen LogP contribution in [0, 0.1) is 0 Å². The number of rotatable bonds is 5. The maximum atomic E-state index is 12.5. The predicted octanol–water partition coefficient (Wildman–Crippen LogP) is 4.38. The lowest BCUT2D eigenvalue weighted by Crippen LogP contribution is -2.22. The Bertz CT molecular complexity index is 1130. The zero-order valence-electron chi connectivity index (χ0n) is 16.9. The van der Waals surface area contributed by atoms with Crippen LogP contribution < -0.4 is 15.4 Å². The third-order valence-electron chi connectivity index (χ3n) is 4.20. The highest BCUT2D eigenvalue weighted by Crippen LogP contribution is 2.29. The summed E-state index contributed by atoms with van der Waals surface area (Å²) in [6, 6.07) is 15.8. The Morgan fingerprint density at radius 3 is 2.17 bits per heavy atom. The van der Waals surface area contributed by atoms with Gasteiger partial charge in [-0.3, -0.25) is 0 Å². The van der Waals surface area contributed by atoms with Gasteiger partial charge < -0.3 is 10.6 Å². The molecule has 0 bridgehead atoms. The molecule has 3 N–H and O–H groups in total. The zero-order valence-corrected chi connectivity index (χ0v) is 18.5. The molecule has 0 radical (unpaired) electrons. The molecule has 0 aliphatic rings. The minimum Gasteiger partial charge on any atom is -0.332 e. The van der Waals surface area contributed by atoms with Crippen molar-refractivity contribution in [3.63, 3.8) is 0 Å². The summed E-state index contributed by atoms with van der Waals surface area (Å²) in [7, 11) is -3.78. The first-order chi connectivity index (χ1) is 14.1. The van der Waals surface area contributed by atoms with Crippen LogP contribution in [0.2, 0.25) is 0 Å². The number of thiocarbonyl (C=S) groups is 1. The Balaban J connectivity index is 1.68. The summed E-state index contributed by atoms with van der Waals surface area (Å²) < 4.78 is 27.3. The Morgan fingerprint density at radius 1 is 0.900 bits per heavy atom. The van der Waals surface area contributed by atoms with Crippen molar-refractivity contribution in [3.8, 4) is 0 Å². The molecule has 0 unspecified atom stereocenters. The molecular weight excluding hydrogens is 418 g/mol. The Hall–Kier alpha value is -3.04. The molecular formula is C21H23N5O2S2. The van der Waals surface area contributed by atoms with E-state index in [9.17, 15) is 8.42 Å². The van der Waals surface area contributed by atoms with Gasteiger partial charge in [0.2, 0.25) is 5.95 Å². The van der Waals surface area contributed by atoms with Crippen LogP contribution in [0.15, 0.2) is 71.9 Å². The number of anilines is 3. The molecule has 30 heavy (non-hydrogen) atoms. The largest absolute Gasteiger partial charge is 0.332 e. The van der Waals surface area contributed by atoms with Crippen LogP contribution in [0.3, 0.4) is 0 Å². The predicted molar refractivity (Wildman–Crippen MR) is 124 cm³/mol. The molecule has 7 nitrogen and oxygen atoms in total. The number of aromatic nitrogens is 2. The van der Waals surface area contributed by atoms with Crippen LogP contribution in [0.25, 0.3) is 0 Å². The van der Waals surface area contributed by atoms with Crippen LogP contribution in [0.1, 0.15) is 26.3 Å². The standard InChI is InChI=1S/C21H23N5O2S2/c1-21(2,3)17-7-4-5-8-18(17)25-20(29)24-15-9-11-16(12-10-15)30(27,28)26-19-22-13-6-14-23-19/h4-14H,1-3H3,(H,22,23,26)(H2,24,25,29). The second-order valence-corrected chi connectivity index (χ2v) is 9.67. The highest BCUT2D eigenvalue weighted by Gasteiger charge is 2.18. The van der Waals surface area contributed by atoms with E-state index in [2.05, 4.69) is 52.2 Å². The van der Waals surface area contributed by atoms with E-state index in [1.165, 1.54) is 24.5 Å². The fourth-order valence-corrected chi connectivity index (χ4v) is 3.96. The smallest absolute Gasteiger partial charge is 0.264 e. The molecule has 2 aromatic carbocycles. The first-order valence-corrected chi connectivity index (χ1v) is 11.1. The average Bonchev–Trinajstić information content (AvgIpc) is 2.68. The van der Waals surface area contributed by atoms with Crippen molar-refractivity contribution in [1.82, 2.24) is 9.97 Å². The normalized spacial score (nSPS) is 11.6. The molecule has 0 saturated heterocycles. The second-order valence-electron chi connectivity index (χ2n) is 7.58. The van der Waals surface area contributed by atoms with Gasteiger partial charge in [-0.15, -0.1) is 0 Å². The maximum absolute atomic E-state index is 12.5. The third kappa shape index (κ3) is 5.52. The molecule has 0 atom stereocenters. The molecule has 1 aromatic heterocycles. The summed E-state index contributed by atoms with van der Waals surface area (Å²) in [4.78, 5) is 7.84. The third-order valence-corrected chi connectivity index (χ3v) is 5.75. The molecule has 0 saturated carbocycles. The van der Waals surface area contributed by atoms with E-state index in [1.54, 1.807) is 18.2 Å². The maximum Gasteiger partial charge on any atom is 0.264 e. The topological polar surface area (TPSA) is 96.0 Å². The number of hydrogen-bond acceptors (Lipinski definition) is 5. The van der Waals surface area contributed by atoms with Gasteiger partial charge in [-0.05, 0) is 59.6 Å². The van der Waals surface area contributed by atoms with Gasteiger partial charge in [0, 0.05) is 23.8 Å². The quantitative estimate of drug-likeness (QED) is 0.506. The summed E-state index contributed by atoms with van der Waals surface area (Å²) in [5.41, 5.74) is 2.69. The molecule has 0 spiro atoms. The van der Waals surface area contributed by atoms with Crippen molar-refractivity contribution in [2.75, 3.05) is 15.4 Å². The number of benzene rings is 2. The van der Waals surface area contributed by atoms with Crippen molar-refractivity contribution in [1.29, 1.82) is 0 Å². The summed E-state index contributed by atoms with van der Waals surface area (Å²) in [6.45, 7) is 6.41. The van der Waals surface area contributed by atoms with Crippen LogP contribution in [-0.4, -0.2) is 23.5 Å². The molecule has 9 heteroatoms. The van der Waals surface area contributed by atoms with E-state index in [0.29, 0.717) is 10.8 Å². The minimum atomic E-state index is -3.78. The SMILES string of the molecule is CC(C)(C)c1ccccc1NC(=S)Nc1ccc(S(=O)(=O)Nc2ncccn2)cc1. The highest BCUT2D eigenvalue weighted by atomic mass is 32.2.